The summed E-state index contributed by atoms with van der Waals surface area (Å²) in [7, 11) is 0. The highest BCUT2D eigenvalue weighted by molar-refractivity contribution is 6.50. The second-order valence-electron chi connectivity index (χ2n) is 3.92. The number of carbonyl (C=O) groups is 1. The van der Waals surface area contributed by atoms with Crippen molar-refractivity contribution in [3.63, 3.8) is 0 Å². The number of allylic oxidation sites excluding steroid dienone is 1. The number of rotatable bonds is 0. The zero-order valence-corrected chi connectivity index (χ0v) is 9.29. The minimum atomic E-state index is 0.144. The molecule has 0 N–H and O–H groups in total. The molecule has 2 heteroatoms. The first-order chi connectivity index (χ1) is 7.75. The SMILES string of the molecule is O=C1CC=C(Cl)c2cc3ccccc3cc21. The minimum Gasteiger partial charge on any atom is -0.294 e. The van der Waals surface area contributed by atoms with Crippen molar-refractivity contribution >= 4 is 33.2 Å². The molecule has 0 aliphatic heterocycles. The van der Waals surface area contributed by atoms with E-state index in [1.54, 1.807) is 6.08 Å². The van der Waals surface area contributed by atoms with Gasteiger partial charge in [0.1, 0.15) is 0 Å². The predicted octanol–water partition coefficient (Wildman–Crippen LogP) is 4.01. The van der Waals surface area contributed by atoms with E-state index in [1.165, 1.54) is 0 Å². The normalized spacial score (nSPS) is 14.8. The maximum Gasteiger partial charge on any atom is 0.167 e. The lowest BCUT2D eigenvalue weighted by atomic mass is 9.93. The van der Waals surface area contributed by atoms with Crippen molar-refractivity contribution in [1.29, 1.82) is 0 Å². The van der Waals surface area contributed by atoms with Crippen LogP contribution in [-0.2, 0) is 0 Å². The summed E-state index contributed by atoms with van der Waals surface area (Å²) in [6, 6.07) is 11.9. The van der Waals surface area contributed by atoms with Gasteiger partial charge in [-0.2, -0.15) is 0 Å². The average molecular weight is 229 g/mol. The monoisotopic (exact) mass is 228 g/mol. The van der Waals surface area contributed by atoms with Crippen molar-refractivity contribution in [2.45, 2.75) is 6.42 Å². The van der Waals surface area contributed by atoms with E-state index in [4.69, 9.17) is 11.6 Å². The third-order valence-electron chi connectivity index (χ3n) is 2.91. The minimum absolute atomic E-state index is 0.144. The van der Waals surface area contributed by atoms with Crippen LogP contribution < -0.4 is 0 Å². The van der Waals surface area contributed by atoms with E-state index in [0.717, 1.165) is 21.9 Å². The third kappa shape index (κ3) is 1.36. The molecule has 0 aromatic heterocycles. The lowest BCUT2D eigenvalue weighted by Crippen LogP contribution is -2.05. The van der Waals surface area contributed by atoms with E-state index in [9.17, 15) is 4.79 Å². The summed E-state index contributed by atoms with van der Waals surface area (Å²) in [6.07, 6.45) is 2.19. The Morgan fingerprint density at radius 2 is 1.62 bits per heavy atom. The zero-order chi connectivity index (χ0) is 11.1. The molecule has 0 radical (unpaired) electrons. The molecule has 0 saturated heterocycles. The van der Waals surface area contributed by atoms with Crippen LogP contribution in [-0.4, -0.2) is 5.78 Å². The summed E-state index contributed by atoms with van der Waals surface area (Å²) in [4.78, 5) is 11.8. The molecule has 0 amide bonds. The summed E-state index contributed by atoms with van der Waals surface area (Å²) < 4.78 is 0. The first kappa shape index (κ1) is 9.61. The number of halogens is 1. The summed E-state index contributed by atoms with van der Waals surface area (Å²) in [5.74, 6) is 0.144. The highest BCUT2D eigenvalue weighted by atomic mass is 35.5. The molecular weight excluding hydrogens is 220 g/mol. The van der Waals surface area contributed by atoms with Gasteiger partial charge in [0.05, 0.1) is 0 Å². The molecule has 0 spiro atoms. The zero-order valence-electron chi connectivity index (χ0n) is 8.53. The molecule has 0 atom stereocenters. The summed E-state index contributed by atoms with van der Waals surface area (Å²) in [5, 5.41) is 2.88. The molecule has 78 valence electrons. The Morgan fingerprint density at radius 3 is 2.31 bits per heavy atom. The van der Waals surface area contributed by atoms with Crippen LogP contribution in [0.15, 0.2) is 42.5 Å². The smallest absolute Gasteiger partial charge is 0.167 e. The van der Waals surface area contributed by atoms with Crippen LogP contribution in [0.2, 0.25) is 0 Å². The predicted molar refractivity (Wildman–Crippen MR) is 66.7 cm³/mol. The fourth-order valence-electron chi connectivity index (χ4n) is 2.07. The lowest BCUT2D eigenvalue weighted by molar-refractivity contribution is 0.0994. The third-order valence-corrected chi connectivity index (χ3v) is 3.27. The molecule has 0 bridgehead atoms. The molecule has 1 nitrogen and oxygen atoms in total. The van der Waals surface area contributed by atoms with E-state index < -0.39 is 0 Å². The van der Waals surface area contributed by atoms with E-state index >= 15 is 0 Å². The molecule has 3 rings (SSSR count). The lowest BCUT2D eigenvalue weighted by Gasteiger charge is -2.13. The Labute approximate surface area is 98.3 Å². The van der Waals surface area contributed by atoms with Crippen molar-refractivity contribution < 1.29 is 4.79 Å². The van der Waals surface area contributed by atoms with Crippen LogP contribution in [0.25, 0.3) is 15.8 Å². The number of hydrogen-bond acceptors (Lipinski definition) is 1. The molecule has 0 heterocycles. The first-order valence-corrected chi connectivity index (χ1v) is 5.55. The van der Waals surface area contributed by atoms with E-state index in [0.29, 0.717) is 11.5 Å². The standard InChI is InChI=1S/C14H9ClO/c15-13-5-6-14(16)12-8-10-4-2-1-3-9(10)7-11(12)13/h1-5,7-8H,6H2. The van der Waals surface area contributed by atoms with E-state index in [-0.39, 0.29) is 5.78 Å². The van der Waals surface area contributed by atoms with Crippen molar-refractivity contribution in [3.05, 3.63) is 53.6 Å². The van der Waals surface area contributed by atoms with Gasteiger partial charge in [-0.05, 0) is 22.9 Å². The number of ketones is 1. The van der Waals surface area contributed by atoms with Crippen LogP contribution in [0.4, 0.5) is 0 Å². The van der Waals surface area contributed by atoms with Crippen LogP contribution in [0.1, 0.15) is 22.3 Å². The quantitative estimate of drug-likeness (QED) is 0.666. The Hall–Kier alpha value is -1.60. The fourth-order valence-corrected chi connectivity index (χ4v) is 2.30. The molecule has 0 saturated carbocycles. The van der Waals surface area contributed by atoms with E-state index in [2.05, 4.69) is 0 Å². The molecule has 16 heavy (non-hydrogen) atoms. The number of carbonyl (C=O) groups excluding carboxylic acids is 1. The second kappa shape index (κ2) is 3.46. The number of benzene rings is 2. The molecular formula is C14H9ClO. The molecule has 2 aromatic rings. The maximum absolute atomic E-state index is 11.8. The van der Waals surface area contributed by atoms with Crippen LogP contribution in [0, 0.1) is 0 Å². The molecule has 1 aliphatic carbocycles. The van der Waals surface area contributed by atoms with Gasteiger partial charge in [0.15, 0.2) is 5.78 Å². The topological polar surface area (TPSA) is 17.1 Å². The molecule has 1 aliphatic rings. The second-order valence-corrected chi connectivity index (χ2v) is 4.33. The summed E-state index contributed by atoms with van der Waals surface area (Å²) >= 11 is 6.12. The van der Waals surface area contributed by atoms with Crippen molar-refractivity contribution in [2.75, 3.05) is 0 Å². The van der Waals surface area contributed by atoms with Crippen LogP contribution >= 0.6 is 11.6 Å². The number of Topliss-reactive ketones (excluding diaryl/α,β-unsaturated/α-hetero) is 1. The maximum atomic E-state index is 11.8. The Balaban J connectivity index is 2.39. The van der Waals surface area contributed by atoms with Gasteiger partial charge < -0.3 is 0 Å². The molecule has 2 aromatic carbocycles. The van der Waals surface area contributed by atoms with Gasteiger partial charge in [-0.1, -0.05) is 41.9 Å². The highest BCUT2D eigenvalue weighted by Gasteiger charge is 2.18. The van der Waals surface area contributed by atoms with Gasteiger partial charge >= 0.3 is 0 Å². The van der Waals surface area contributed by atoms with Gasteiger partial charge in [-0.15, -0.1) is 0 Å². The first-order valence-electron chi connectivity index (χ1n) is 5.18. The fraction of sp³-hybridized carbons (Fsp3) is 0.0714. The van der Waals surface area contributed by atoms with Gasteiger partial charge in [0, 0.05) is 22.6 Å². The number of hydrogen-bond donors (Lipinski definition) is 0. The van der Waals surface area contributed by atoms with Gasteiger partial charge in [0.25, 0.3) is 0 Å². The van der Waals surface area contributed by atoms with Gasteiger partial charge in [0.2, 0.25) is 0 Å². The Morgan fingerprint density at radius 1 is 1.00 bits per heavy atom. The highest BCUT2D eigenvalue weighted by Crippen LogP contribution is 2.32. The van der Waals surface area contributed by atoms with Crippen LogP contribution in [0.3, 0.4) is 0 Å². The summed E-state index contributed by atoms with van der Waals surface area (Å²) in [5.41, 5.74) is 1.60. The van der Waals surface area contributed by atoms with Crippen LogP contribution in [0.5, 0.6) is 0 Å². The van der Waals surface area contributed by atoms with E-state index in [1.807, 2.05) is 36.4 Å². The van der Waals surface area contributed by atoms with Crippen molar-refractivity contribution in [3.8, 4) is 0 Å². The molecule has 0 fully saturated rings. The van der Waals surface area contributed by atoms with Crippen molar-refractivity contribution in [1.82, 2.24) is 0 Å². The van der Waals surface area contributed by atoms with Gasteiger partial charge in [-0.3, -0.25) is 4.79 Å². The summed E-state index contributed by atoms with van der Waals surface area (Å²) in [6.45, 7) is 0. The number of fused-ring (bicyclic) bond motifs is 2. The van der Waals surface area contributed by atoms with Crippen molar-refractivity contribution in [2.24, 2.45) is 0 Å². The largest absolute Gasteiger partial charge is 0.294 e. The Kier molecular flexibility index (Phi) is 2.08. The molecule has 0 unspecified atom stereocenters. The average Bonchev–Trinajstić information content (AvgIpc) is 2.32. The Bertz CT molecular complexity index is 626. The van der Waals surface area contributed by atoms with Gasteiger partial charge in [-0.25, -0.2) is 0 Å².